The van der Waals surface area contributed by atoms with Crippen LogP contribution in [0, 0.1) is 0 Å². The molecule has 56 valence electrons. The van der Waals surface area contributed by atoms with Crippen LogP contribution in [-0.4, -0.2) is 10.1 Å². The van der Waals surface area contributed by atoms with Crippen LogP contribution in [0.1, 0.15) is 0 Å². The molecule has 0 atom stereocenters. The van der Waals surface area contributed by atoms with E-state index in [1.807, 2.05) is 0 Å². The minimum absolute atomic E-state index is 0.310. The molecule has 0 unspecified atom stereocenters. The summed E-state index contributed by atoms with van der Waals surface area (Å²) in [5, 5.41) is 4.90. The van der Waals surface area contributed by atoms with Crippen LogP contribution in [0.2, 0.25) is 10.3 Å². The van der Waals surface area contributed by atoms with Crippen LogP contribution < -0.4 is 0 Å². The monoisotopic (exact) mass is 188 g/mol. The third-order valence-corrected chi connectivity index (χ3v) is 1.76. The van der Waals surface area contributed by atoms with E-state index in [4.69, 9.17) is 27.7 Å². The maximum absolute atomic E-state index is 5.65. The zero-order chi connectivity index (χ0) is 7.84. The summed E-state index contributed by atoms with van der Waals surface area (Å²) in [4.78, 5) is 3.79. The number of halogens is 2. The number of fused-ring (bicyclic) bond motifs is 1. The summed E-state index contributed by atoms with van der Waals surface area (Å²) in [6, 6.07) is 1.61. The fourth-order valence-electron chi connectivity index (χ4n) is 0.790. The number of hydrogen-bond donors (Lipinski definition) is 0. The van der Waals surface area contributed by atoms with Crippen molar-refractivity contribution in [2.24, 2.45) is 0 Å². The van der Waals surface area contributed by atoms with Crippen molar-refractivity contribution in [2.75, 3.05) is 0 Å². The standard InChI is InChI=1S/C6H2Cl2N2O/c7-5-1-3-4(2-9-5)11-10-6(3)8/h1-2H. The Hall–Kier alpha value is -0.800. The van der Waals surface area contributed by atoms with Gasteiger partial charge in [0.2, 0.25) is 0 Å². The predicted octanol–water partition coefficient (Wildman–Crippen LogP) is 2.53. The molecule has 2 aromatic rings. The molecule has 0 saturated carbocycles. The maximum atomic E-state index is 5.65. The second-order valence-corrected chi connectivity index (χ2v) is 2.72. The molecule has 0 bridgehead atoms. The molecule has 11 heavy (non-hydrogen) atoms. The van der Waals surface area contributed by atoms with Crippen LogP contribution in [0.5, 0.6) is 0 Å². The Kier molecular flexibility index (Phi) is 1.47. The molecule has 2 aromatic heterocycles. The second kappa shape index (κ2) is 2.36. The highest BCUT2D eigenvalue weighted by atomic mass is 35.5. The van der Waals surface area contributed by atoms with Gasteiger partial charge in [0, 0.05) is 0 Å². The largest absolute Gasteiger partial charge is 0.353 e. The van der Waals surface area contributed by atoms with Gasteiger partial charge >= 0.3 is 0 Å². The smallest absolute Gasteiger partial charge is 0.186 e. The van der Waals surface area contributed by atoms with E-state index in [1.165, 1.54) is 6.20 Å². The molecule has 2 heterocycles. The van der Waals surface area contributed by atoms with E-state index in [9.17, 15) is 0 Å². The van der Waals surface area contributed by atoms with E-state index >= 15 is 0 Å². The summed E-state index contributed by atoms with van der Waals surface area (Å²) < 4.78 is 4.80. The van der Waals surface area contributed by atoms with Crippen molar-refractivity contribution in [3.05, 3.63) is 22.6 Å². The Bertz CT molecular complexity index is 398. The van der Waals surface area contributed by atoms with E-state index in [0.717, 1.165) is 0 Å². The molecule has 0 fully saturated rings. The zero-order valence-electron chi connectivity index (χ0n) is 5.21. The highest BCUT2D eigenvalue weighted by Crippen LogP contribution is 2.23. The van der Waals surface area contributed by atoms with E-state index in [-0.39, 0.29) is 0 Å². The molecular weight excluding hydrogens is 187 g/mol. The van der Waals surface area contributed by atoms with E-state index < -0.39 is 0 Å². The fraction of sp³-hybridized carbons (Fsp3) is 0. The summed E-state index contributed by atoms with van der Waals surface area (Å²) in [5.74, 6) is 0. The first-order valence-electron chi connectivity index (χ1n) is 2.84. The SMILES string of the molecule is Clc1cc2c(Cl)noc2cn1. The Balaban J connectivity index is 2.87. The number of aromatic nitrogens is 2. The predicted molar refractivity (Wildman–Crippen MR) is 41.8 cm³/mol. The molecule has 0 saturated heterocycles. The Morgan fingerprint density at radius 2 is 2.18 bits per heavy atom. The molecule has 0 aliphatic carbocycles. The Morgan fingerprint density at radius 1 is 1.36 bits per heavy atom. The minimum atomic E-state index is 0.310. The first kappa shape index (κ1) is 6.88. The van der Waals surface area contributed by atoms with Gasteiger partial charge in [0.25, 0.3) is 0 Å². The molecule has 0 aliphatic heterocycles. The summed E-state index contributed by atoms with van der Waals surface area (Å²) in [6.45, 7) is 0. The van der Waals surface area contributed by atoms with Crippen molar-refractivity contribution in [1.82, 2.24) is 10.1 Å². The van der Waals surface area contributed by atoms with Gasteiger partial charge in [-0.2, -0.15) is 0 Å². The van der Waals surface area contributed by atoms with Crippen molar-refractivity contribution in [3.63, 3.8) is 0 Å². The Labute approximate surface area is 71.9 Å². The van der Waals surface area contributed by atoms with E-state index in [0.29, 0.717) is 21.3 Å². The van der Waals surface area contributed by atoms with Crippen LogP contribution in [0.4, 0.5) is 0 Å². The van der Waals surface area contributed by atoms with Gasteiger partial charge in [0.15, 0.2) is 10.7 Å². The first-order chi connectivity index (χ1) is 5.27. The van der Waals surface area contributed by atoms with Gasteiger partial charge in [-0.05, 0) is 6.07 Å². The highest BCUT2D eigenvalue weighted by molar-refractivity contribution is 6.35. The van der Waals surface area contributed by atoms with Crippen LogP contribution in [-0.2, 0) is 0 Å². The third-order valence-electron chi connectivity index (χ3n) is 1.28. The van der Waals surface area contributed by atoms with Gasteiger partial charge in [0.05, 0.1) is 11.6 Å². The third kappa shape index (κ3) is 1.06. The molecular formula is C6H2Cl2N2O. The van der Waals surface area contributed by atoms with Crippen molar-refractivity contribution in [3.8, 4) is 0 Å². The van der Waals surface area contributed by atoms with Gasteiger partial charge in [0.1, 0.15) is 5.15 Å². The molecule has 0 aromatic carbocycles. The van der Waals surface area contributed by atoms with Crippen LogP contribution in [0.25, 0.3) is 11.0 Å². The molecule has 5 heteroatoms. The zero-order valence-corrected chi connectivity index (χ0v) is 6.73. The maximum Gasteiger partial charge on any atom is 0.186 e. The quantitative estimate of drug-likeness (QED) is 0.597. The molecule has 0 radical (unpaired) electrons. The Morgan fingerprint density at radius 3 is 3.00 bits per heavy atom. The van der Waals surface area contributed by atoms with Gasteiger partial charge in [-0.3, -0.25) is 0 Å². The van der Waals surface area contributed by atoms with Gasteiger partial charge in [-0.1, -0.05) is 28.4 Å². The number of hydrogen-bond acceptors (Lipinski definition) is 3. The molecule has 0 spiro atoms. The minimum Gasteiger partial charge on any atom is -0.353 e. The average molecular weight is 189 g/mol. The van der Waals surface area contributed by atoms with Crippen LogP contribution in [0.15, 0.2) is 16.8 Å². The first-order valence-corrected chi connectivity index (χ1v) is 3.59. The lowest BCUT2D eigenvalue weighted by Gasteiger charge is -1.86. The fourth-order valence-corrected chi connectivity index (χ4v) is 1.13. The lowest BCUT2D eigenvalue weighted by molar-refractivity contribution is 0.456. The van der Waals surface area contributed by atoms with Crippen molar-refractivity contribution in [2.45, 2.75) is 0 Å². The van der Waals surface area contributed by atoms with E-state index in [2.05, 4.69) is 10.1 Å². The van der Waals surface area contributed by atoms with Crippen molar-refractivity contribution < 1.29 is 4.52 Å². The van der Waals surface area contributed by atoms with Gasteiger partial charge in [-0.25, -0.2) is 4.98 Å². The van der Waals surface area contributed by atoms with Crippen molar-refractivity contribution in [1.29, 1.82) is 0 Å². The normalized spacial score (nSPS) is 10.7. The summed E-state index contributed by atoms with van der Waals surface area (Å²) in [7, 11) is 0. The number of nitrogens with zero attached hydrogens (tertiary/aromatic N) is 2. The molecule has 0 amide bonds. The van der Waals surface area contributed by atoms with Crippen LogP contribution >= 0.6 is 23.2 Å². The van der Waals surface area contributed by atoms with E-state index in [1.54, 1.807) is 6.07 Å². The topological polar surface area (TPSA) is 38.9 Å². The second-order valence-electron chi connectivity index (χ2n) is 1.98. The molecule has 3 nitrogen and oxygen atoms in total. The molecule has 2 rings (SSSR count). The lowest BCUT2D eigenvalue weighted by atomic mass is 10.3. The highest BCUT2D eigenvalue weighted by Gasteiger charge is 2.05. The lowest BCUT2D eigenvalue weighted by Crippen LogP contribution is -1.71. The molecule has 0 N–H and O–H groups in total. The number of rotatable bonds is 0. The number of pyridine rings is 1. The summed E-state index contributed by atoms with van der Waals surface area (Å²) in [6.07, 6.45) is 1.48. The summed E-state index contributed by atoms with van der Waals surface area (Å²) >= 11 is 11.3. The van der Waals surface area contributed by atoms with Crippen molar-refractivity contribution >= 4 is 34.2 Å². The summed E-state index contributed by atoms with van der Waals surface area (Å²) in [5.41, 5.74) is 0.541. The van der Waals surface area contributed by atoms with Gasteiger partial charge in [-0.15, -0.1) is 0 Å². The average Bonchev–Trinajstić information content (AvgIpc) is 2.33. The molecule has 0 aliphatic rings. The van der Waals surface area contributed by atoms with Gasteiger partial charge < -0.3 is 4.52 Å². The van der Waals surface area contributed by atoms with Crippen LogP contribution in [0.3, 0.4) is 0 Å².